The number of phenolic OH excluding ortho intramolecular Hbond substituents is 1. The largest absolute Gasteiger partial charge is 0.508 e. The number of benzene rings is 2. The zero-order valence-corrected chi connectivity index (χ0v) is 27.6. The molecule has 0 radical (unpaired) electrons. The number of carbonyl (C=O) groups excluding carboxylic acids is 1. The maximum absolute atomic E-state index is 14.9. The summed E-state index contributed by atoms with van der Waals surface area (Å²) in [5.74, 6) is -0.417. The number of sulfonamides is 1. The van der Waals surface area contributed by atoms with Crippen LogP contribution >= 0.6 is 11.6 Å². The van der Waals surface area contributed by atoms with E-state index in [1.54, 1.807) is 26.8 Å². The van der Waals surface area contributed by atoms with E-state index in [2.05, 4.69) is 14.9 Å². The molecule has 11 nitrogen and oxygen atoms in total. The highest BCUT2D eigenvalue weighted by atomic mass is 35.5. The van der Waals surface area contributed by atoms with Crippen LogP contribution in [-0.4, -0.2) is 88.3 Å². The van der Waals surface area contributed by atoms with Crippen molar-refractivity contribution in [2.45, 2.75) is 75.1 Å². The number of alkyl carbamates (subject to hydrolysis) is 1. The summed E-state index contributed by atoms with van der Waals surface area (Å²) in [5.41, 5.74) is 6.54. The number of rotatable bonds is 13. The number of aromatic hydroxyl groups is 1. The molecule has 14 heteroatoms. The van der Waals surface area contributed by atoms with E-state index in [9.17, 15) is 22.7 Å². The predicted molar refractivity (Wildman–Crippen MR) is 168 cm³/mol. The van der Waals surface area contributed by atoms with E-state index in [0.29, 0.717) is 74.7 Å². The molecule has 1 fully saturated rings. The number of nitrogens with zero attached hydrogens (tertiary/aromatic N) is 1. The Morgan fingerprint density at radius 2 is 1.84 bits per heavy atom. The fourth-order valence-corrected chi connectivity index (χ4v) is 7.17. The lowest BCUT2D eigenvalue weighted by atomic mass is 9.90. The molecule has 250 valence electrons. The molecule has 1 heterocycles. The molecule has 2 aliphatic rings. The van der Waals surface area contributed by atoms with Crippen LogP contribution in [0.25, 0.3) is 0 Å². The Morgan fingerprint density at radius 3 is 2.56 bits per heavy atom. The van der Waals surface area contributed by atoms with Gasteiger partial charge in [0.1, 0.15) is 17.2 Å². The van der Waals surface area contributed by atoms with Crippen LogP contribution in [0.2, 0.25) is 5.02 Å². The fourth-order valence-electron chi connectivity index (χ4n) is 5.89. The number of likely N-dealkylation sites (tertiary alicyclic amines) is 1. The van der Waals surface area contributed by atoms with E-state index < -0.39 is 27.8 Å². The van der Waals surface area contributed by atoms with Gasteiger partial charge in [0.05, 0.1) is 31.3 Å². The third-order valence-electron chi connectivity index (χ3n) is 7.80. The number of nitrogens with one attached hydrogen (secondary N) is 2. The number of fused-ring (bicyclic) bond motifs is 1. The first-order valence-electron chi connectivity index (χ1n) is 15.2. The first-order chi connectivity index (χ1) is 21.3. The van der Waals surface area contributed by atoms with Gasteiger partial charge in [0, 0.05) is 48.3 Å². The van der Waals surface area contributed by atoms with Crippen LogP contribution in [0.3, 0.4) is 0 Å². The number of piperidine rings is 1. The number of halogens is 2. The molecular weight excluding hydrogens is 627 g/mol. The molecule has 1 aliphatic heterocycles. The van der Waals surface area contributed by atoms with Crippen LogP contribution in [0, 0.1) is 5.82 Å². The van der Waals surface area contributed by atoms with Gasteiger partial charge >= 0.3 is 6.09 Å². The molecule has 0 spiro atoms. The SMILES string of the molecule is CC(C)(C)OC(=O)NC1CCC(c2cc(S(=O)(=O)NCCOCCOCCN)ccc2O)N(C2Cc3cc(Cl)cc(F)c3C2)C1. The second kappa shape index (κ2) is 15.4. The topological polar surface area (TPSA) is 152 Å². The van der Waals surface area contributed by atoms with Crippen LogP contribution in [-0.2, 0) is 37.1 Å². The maximum Gasteiger partial charge on any atom is 0.407 e. The summed E-state index contributed by atoms with van der Waals surface area (Å²) in [6.07, 6.45) is 1.45. The highest BCUT2D eigenvalue weighted by molar-refractivity contribution is 7.89. The normalized spacial score (nSPS) is 20.6. The van der Waals surface area contributed by atoms with Crippen LogP contribution < -0.4 is 15.8 Å². The van der Waals surface area contributed by atoms with Crippen molar-refractivity contribution in [1.82, 2.24) is 14.9 Å². The average molecular weight is 671 g/mol. The number of nitrogens with two attached hydrogens (primary N) is 1. The Hall–Kier alpha value is -2.52. The standard InChI is InChI=1S/C31H44ClFN4O7S/c1-31(2,3)44-30(39)36-22-4-6-28(37(19-22)23-15-20-14-21(32)16-27(33)25(20)17-23)26-18-24(5-7-29(26)38)45(40,41)35-9-11-43-13-12-42-10-8-34/h5,7,14,16,18,22-23,28,35,38H,4,6,8-13,15,17,19,34H2,1-3H3,(H,36,39). The lowest BCUT2D eigenvalue weighted by Crippen LogP contribution is -2.53. The molecule has 0 saturated carbocycles. The van der Waals surface area contributed by atoms with Crippen molar-refractivity contribution in [3.63, 3.8) is 0 Å². The Balaban J connectivity index is 1.52. The van der Waals surface area contributed by atoms with E-state index in [0.717, 1.165) is 5.56 Å². The Morgan fingerprint density at radius 1 is 1.11 bits per heavy atom. The molecule has 2 aromatic rings. The first kappa shape index (κ1) is 35.3. The molecule has 1 amide bonds. The summed E-state index contributed by atoms with van der Waals surface area (Å²) < 4.78 is 59.9. The van der Waals surface area contributed by atoms with Gasteiger partial charge in [0.15, 0.2) is 0 Å². The minimum atomic E-state index is -3.92. The van der Waals surface area contributed by atoms with Crippen molar-refractivity contribution in [2.75, 3.05) is 46.1 Å². The number of hydrogen-bond donors (Lipinski definition) is 4. The second-order valence-corrected chi connectivity index (χ2v) is 14.6. The van der Waals surface area contributed by atoms with Gasteiger partial charge in [-0.2, -0.15) is 0 Å². The maximum atomic E-state index is 14.9. The van der Waals surface area contributed by atoms with Crippen LogP contribution in [0.4, 0.5) is 9.18 Å². The summed E-state index contributed by atoms with van der Waals surface area (Å²) in [6.45, 7) is 7.48. The van der Waals surface area contributed by atoms with Gasteiger partial charge in [0.25, 0.3) is 0 Å². The van der Waals surface area contributed by atoms with Gasteiger partial charge < -0.3 is 30.4 Å². The molecule has 0 bridgehead atoms. The third-order valence-corrected chi connectivity index (χ3v) is 9.48. The first-order valence-corrected chi connectivity index (χ1v) is 17.0. The number of carbonyl (C=O) groups is 1. The summed E-state index contributed by atoms with van der Waals surface area (Å²) in [5, 5.41) is 14.3. The molecule has 1 aliphatic carbocycles. The smallest absolute Gasteiger partial charge is 0.407 e. The summed E-state index contributed by atoms with van der Waals surface area (Å²) in [6, 6.07) is 6.44. The van der Waals surface area contributed by atoms with Crippen LogP contribution in [0.1, 0.15) is 56.3 Å². The lowest BCUT2D eigenvalue weighted by Gasteiger charge is -2.43. The minimum absolute atomic E-state index is 0.00284. The van der Waals surface area contributed by atoms with Gasteiger partial charge in [-0.05, 0) is 87.9 Å². The molecule has 5 N–H and O–H groups in total. The highest BCUT2D eigenvalue weighted by Crippen LogP contribution is 2.41. The van der Waals surface area contributed by atoms with E-state index in [1.165, 1.54) is 24.3 Å². The summed E-state index contributed by atoms with van der Waals surface area (Å²) in [4.78, 5) is 14.7. The van der Waals surface area contributed by atoms with E-state index in [-0.39, 0.29) is 41.7 Å². The molecule has 0 aromatic heterocycles. The Labute approximate surface area is 269 Å². The molecular formula is C31H44ClFN4O7S. The quantitative estimate of drug-likeness (QED) is 0.234. The molecule has 45 heavy (non-hydrogen) atoms. The van der Waals surface area contributed by atoms with Crippen LogP contribution in [0.15, 0.2) is 35.2 Å². The van der Waals surface area contributed by atoms with E-state index >= 15 is 0 Å². The van der Waals surface area contributed by atoms with Crippen molar-refractivity contribution in [2.24, 2.45) is 5.73 Å². The van der Waals surface area contributed by atoms with Gasteiger partial charge in [-0.3, -0.25) is 4.90 Å². The van der Waals surface area contributed by atoms with Gasteiger partial charge in [-0.1, -0.05) is 11.6 Å². The predicted octanol–water partition coefficient (Wildman–Crippen LogP) is 3.65. The van der Waals surface area contributed by atoms with Crippen molar-refractivity contribution >= 4 is 27.7 Å². The molecule has 2 aromatic carbocycles. The van der Waals surface area contributed by atoms with Crippen LogP contribution in [0.5, 0.6) is 5.75 Å². The molecule has 4 rings (SSSR count). The van der Waals surface area contributed by atoms with Crippen molar-refractivity contribution in [3.05, 3.63) is 57.9 Å². The zero-order chi connectivity index (χ0) is 32.8. The third kappa shape index (κ3) is 9.74. The van der Waals surface area contributed by atoms with Gasteiger partial charge in [-0.25, -0.2) is 22.3 Å². The lowest BCUT2D eigenvalue weighted by molar-refractivity contribution is 0.0383. The summed E-state index contributed by atoms with van der Waals surface area (Å²) in [7, 11) is -3.92. The zero-order valence-electron chi connectivity index (χ0n) is 26.0. The van der Waals surface area contributed by atoms with Gasteiger partial charge in [0.2, 0.25) is 10.0 Å². The Bertz CT molecular complexity index is 1440. The average Bonchev–Trinajstić information content (AvgIpc) is 3.38. The summed E-state index contributed by atoms with van der Waals surface area (Å²) >= 11 is 6.15. The van der Waals surface area contributed by atoms with Crippen molar-refractivity contribution in [3.8, 4) is 5.75 Å². The van der Waals surface area contributed by atoms with Gasteiger partial charge in [-0.15, -0.1) is 0 Å². The molecule has 3 atom stereocenters. The number of amides is 1. The molecule has 3 unspecified atom stereocenters. The monoisotopic (exact) mass is 670 g/mol. The minimum Gasteiger partial charge on any atom is -0.508 e. The Kier molecular flexibility index (Phi) is 12.1. The van der Waals surface area contributed by atoms with E-state index in [4.69, 9.17) is 31.5 Å². The number of hydrogen-bond acceptors (Lipinski definition) is 9. The number of ether oxygens (including phenoxy) is 3. The van der Waals surface area contributed by atoms with Crippen molar-refractivity contribution < 1.29 is 36.9 Å². The van der Waals surface area contributed by atoms with Crippen molar-refractivity contribution in [1.29, 1.82) is 0 Å². The van der Waals surface area contributed by atoms with E-state index in [1.807, 2.05) is 0 Å². The number of phenols is 1. The fraction of sp³-hybridized carbons (Fsp3) is 0.581. The second-order valence-electron chi connectivity index (χ2n) is 12.4. The highest BCUT2D eigenvalue weighted by Gasteiger charge is 2.39. The molecule has 1 saturated heterocycles.